The molecule has 1 fully saturated rings. The van der Waals surface area contributed by atoms with Gasteiger partial charge in [-0.05, 0) is 37.6 Å². The predicted octanol–water partition coefficient (Wildman–Crippen LogP) is 0.238. The number of aromatic nitrogens is 1. The Morgan fingerprint density at radius 1 is 1.61 bits per heavy atom. The molecule has 1 atom stereocenters. The minimum absolute atomic E-state index is 0.206. The van der Waals surface area contributed by atoms with Gasteiger partial charge < -0.3 is 11.5 Å². The van der Waals surface area contributed by atoms with Crippen molar-refractivity contribution in [1.29, 1.82) is 0 Å². The van der Waals surface area contributed by atoms with Gasteiger partial charge in [-0.2, -0.15) is 0 Å². The van der Waals surface area contributed by atoms with Gasteiger partial charge in [-0.15, -0.1) is 0 Å². The van der Waals surface area contributed by atoms with Crippen molar-refractivity contribution in [1.82, 2.24) is 9.88 Å². The van der Waals surface area contributed by atoms with Crippen LogP contribution < -0.4 is 11.5 Å². The number of carbonyl (C=O) groups excluding carboxylic acids is 1. The van der Waals surface area contributed by atoms with Gasteiger partial charge in [-0.3, -0.25) is 14.7 Å². The highest BCUT2D eigenvalue weighted by Gasteiger charge is 2.38. The Morgan fingerprint density at radius 2 is 2.39 bits per heavy atom. The smallest absolute Gasteiger partial charge is 0.224 e. The van der Waals surface area contributed by atoms with Gasteiger partial charge in [0.1, 0.15) is 0 Å². The van der Waals surface area contributed by atoms with Crippen LogP contribution in [0.15, 0.2) is 18.3 Å². The van der Waals surface area contributed by atoms with E-state index >= 15 is 0 Å². The molecule has 0 aliphatic carbocycles. The maximum absolute atomic E-state index is 11.4. The standard InChI is InChI=1S/C13H20N4O/c1-13(12(15)18)3-5-17(9-13)8-10-2-4-16-11(6-10)7-14/h2,4,6H,3,5,7-9,14H2,1H3,(H2,15,18). The summed E-state index contributed by atoms with van der Waals surface area (Å²) in [7, 11) is 0. The summed E-state index contributed by atoms with van der Waals surface area (Å²) in [4.78, 5) is 17.8. The Balaban J connectivity index is 2.01. The molecule has 1 amide bonds. The van der Waals surface area contributed by atoms with E-state index in [0.29, 0.717) is 6.54 Å². The Labute approximate surface area is 107 Å². The van der Waals surface area contributed by atoms with E-state index < -0.39 is 0 Å². The summed E-state index contributed by atoms with van der Waals surface area (Å²) in [6.07, 6.45) is 2.61. The molecule has 1 aromatic heterocycles. The van der Waals surface area contributed by atoms with E-state index in [-0.39, 0.29) is 11.3 Å². The third-order valence-corrected chi connectivity index (χ3v) is 3.64. The van der Waals surface area contributed by atoms with E-state index in [0.717, 1.165) is 31.7 Å². The fourth-order valence-corrected chi connectivity index (χ4v) is 2.39. The summed E-state index contributed by atoms with van der Waals surface area (Å²) in [5.74, 6) is -0.206. The van der Waals surface area contributed by atoms with Crippen LogP contribution in [0.1, 0.15) is 24.6 Å². The van der Waals surface area contributed by atoms with Crippen molar-refractivity contribution in [3.05, 3.63) is 29.6 Å². The molecule has 1 saturated heterocycles. The molecule has 1 unspecified atom stereocenters. The summed E-state index contributed by atoms with van der Waals surface area (Å²) in [6, 6.07) is 4.00. The van der Waals surface area contributed by atoms with Crippen molar-refractivity contribution in [3.63, 3.8) is 0 Å². The first-order valence-corrected chi connectivity index (χ1v) is 6.20. The summed E-state index contributed by atoms with van der Waals surface area (Å²) in [5.41, 5.74) is 12.7. The van der Waals surface area contributed by atoms with Crippen molar-refractivity contribution in [2.24, 2.45) is 16.9 Å². The van der Waals surface area contributed by atoms with E-state index in [1.807, 2.05) is 19.1 Å². The van der Waals surface area contributed by atoms with E-state index in [1.165, 1.54) is 5.56 Å². The first kappa shape index (κ1) is 13.0. The highest BCUT2D eigenvalue weighted by Crippen LogP contribution is 2.30. The third-order valence-electron chi connectivity index (χ3n) is 3.64. The van der Waals surface area contributed by atoms with Crippen molar-refractivity contribution in [2.45, 2.75) is 26.4 Å². The number of likely N-dealkylation sites (tertiary alicyclic amines) is 1. The van der Waals surface area contributed by atoms with Gasteiger partial charge in [0.15, 0.2) is 0 Å². The maximum Gasteiger partial charge on any atom is 0.224 e. The Kier molecular flexibility index (Phi) is 3.63. The lowest BCUT2D eigenvalue weighted by Crippen LogP contribution is -2.36. The zero-order valence-electron chi connectivity index (χ0n) is 10.7. The van der Waals surface area contributed by atoms with Crippen LogP contribution in [-0.4, -0.2) is 28.9 Å². The van der Waals surface area contributed by atoms with Gasteiger partial charge in [0.25, 0.3) is 0 Å². The fourth-order valence-electron chi connectivity index (χ4n) is 2.39. The number of hydrogen-bond acceptors (Lipinski definition) is 4. The molecule has 5 heteroatoms. The lowest BCUT2D eigenvalue weighted by atomic mass is 9.89. The SMILES string of the molecule is CC1(C(N)=O)CCN(Cc2ccnc(CN)c2)C1. The average Bonchev–Trinajstić information content (AvgIpc) is 2.72. The third kappa shape index (κ3) is 2.68. The van der Waals surface area contributed by atoms with Gasteiger partial charge in [-0.25, -0.2) is 0 Å². The van der Waals surface area contributed by atoms with Crippen LogP contribution in [0.3, 0.4) is 0 Å². The number of pyridine rings is 1. The highest BCUT2D eigenvalue weighted by atomic mass is 16.1. The van der Waals surface area contributed by atoms with Crippen LogP contribution in [-0.2, 0) is 17.9 Å². The van der Waals surface area contributed by atoms with Crippen LogP contribution in [0.5, 0.6) is 0 Å². The Morgan fingerprint density at radius 3 is 3.00 bits per heavy atom. The molecule has 0 spiro atoms. The van der Waals surface area contributed by atoms with Gasteiger partial charge in [0.05, 0.1) is 11.1 Å². The minimum atomic E-state index is -0.385. The molecule has 5 nitrogen and oxygen atoms in total. The van der Waals surface area contributed by atoms with E-state index in [4.69, 9.17) is 11.5 Å². The lowest BCUT2D eigenvalue weighted by Gasteiger charge is -2.21. The second-order valence-electron chi connectivity index (χ2n) is 5.25. The molecule has 1 aliphatic heterocycles. The number of nitrogens with zero attached hydrogens (tertiary/aromatic N) is 2. The topological polar surface area (TPSA) is 85.2 Å². The highest BCUT2D eigenvalue weighted by molar-refractivity contribution is 5.81. The van der Waals surface area contributed by atoms with Crippen LogP contribution in [0.4, 0.5) is 0 Å². The average molecular weight is 248 g/mol. The van der Waals surface area contributed by atoms with Crippen molar-refractivity contribution >= 4 is 5.91 Å². The predicted molar refractivity (Wildman–Crippen MR) is 69.3 cm³/mol. The number of carbonyl (C=O) groups is 1. The Bertz CT molecular complexity index is 448. The van der Waals surface area contributed by atoms with Crippen LogP contribution in [0.2, 0.25) is 0 Å². The molecule has 18 heavy (non-hydrogen) atoms. The van der Waals surface area contributed by atoms with E-state index in [9.17, 15) is 4.79 Å². The maximum atomic E-state index is 11.4. The van der Waals surface area contributed by atoms with E-state index in [1.54, 1.807) is 6.20 Å². The molecule has 0 saturated carbocycles. The minimum Gasteiger partial charge on any atom is -0.369 e. The Hall–Kier alpha value is -1.46. The molecule has 0 aromatic carbocycles. The molecule has 4 N–H and O–H groups in total. The summed E-state index contributed by atoms with van der Waals surface area (Å²) in [5, 5.41) is 0. The van der Waals surface area contributed by atoms with Gasteiger partial charge in [0.2, 0.25) is 5.91 Å². The monoisotopic (exact) mass is 248 g/mol. The molecule has 2 heterocycles. The summed E-state index contributed by atoms with van der Waals surface area (Å²) in [6.45, 7) is 4.83. The summed E-state index contributed by atoms with van der Waals surface area (Å²) >= 11 is 0. The number of hydrogen-bond donors (Lipinski definition) is 2. The molecule has 0 radical (unpaired) electrons. The van der Waals surface area contributed by atoms with Crippen LogP contribution in [0.25, 0.3) is 0 Å². The quantitative estimate of drug-likeness (QED) is 0.799. The van der Waals surface area contributed by atoms with E-state index in [2.05, 4.69) is 9.88 Å². The molecule has 1 aromatic rings. The first-order valence-electron chi connectivity index (χ1n) is 6.20. The lowest BCUT2D eigenvalue weighted by molar-refractivity contribution is -0.126. The van der Waals surface area contributed by atoms with Crippen molar-refractivity contribution < 1.29 is 4.79 Å². The fraction of sp³-hybridized carbons (Fsp3) is 0.538. The number of primary amides is 1. The zero-order chi connectivity index (χ0) is 13.2. The first-order chi connectivity index (χ1) is 8.53. The van der Waals surface area contributed by atoms with Crippen molar-refractivity contribution in [2.75, 3.05) is 13.1 Å². The number of amides is 1. The molecular weight excluding hydrogens is 228 g/mol. The van der Waals surface area contributed by atoms with Crippen LogP contribution >= 0.6 is 0 Å². The van der Waals surface area contributed by atoms with Gasteiger partial charge >= 0.3 is 0 Å². The normalized spacial score (nSPS) is 24.3. The summed E-state index contributed by atoms with van der Waals surface area (Å²) < 4.78 is 0. The largest absolute Gasteiger partial charge is 0.369 e. The number of rotatable bonds is 4. The molecule has 1 aliphatic rings. The van der Waals surface area contributed by atoms with Crippen molar-refractivity contribution in [3.8, 4) is 0 Å². The molecule has 98 valence electrons. The molecule has 0 bridgehead atoms. The number of nitrogens with two attached hydrogens (primary N) is 2. The molecular formula is C13H20N4O. The zero-order valence-corrected chi connectivity index (χ0v) is 10.7. The molecule has 2 rings (SSSR count). The van der Waals surface area contributed by atoms with Gasteiger partial charge in [0, 0.05) is 25.8 Å². The second-order valence-corrected chi connectivity index (χ2v) is 5.25. The van der Waals surface area contributed by atoms with Crippen LogP contribution in [0, 0.1) is 5.41 Å². The second kappa shape index (κ2) is 5.04. The van der Waals surface area contributed by atoms with Gasteiger partial charge in [-0.1, -0.05) is 0 Å².